The van der Waals surface area contributed by atoms with Crippen molar-refractivity contribution in [3.05, 3.63) is 0 Å². The quantitative estimate of drug-likeness (QED) is 0.793. The van der Waals surface area contributed by atoms with E-state index in [1.165, 1.54) is 77.5 Å². The summed E-state index contributed by atoms with van der Waals surface area (Å²) in [4.78, 5) is 2.84. The topological polar surface area (TPSA) is 15.3 Å². The molecule has 1 N–H and O–H groups in total. The molecule has 0 bridgehead atoms. The Bertz CT molecular complexity index is 205. The Morgan fingerprint density at radius 2 is 1.53 bits per heavy atom. The molecule has 0 spiro atoms. The summed E-state index contributed by atoms with van der Waals surface area (Å²) in [5.41, 5.74) is 0. The monoisotopic (exact) mass is 236 g/mol. The second kappa shape index (κ2) is 5.71. The molecule has 1 atom stereocenters. The first-order chi connectivity index (χ1) is 8.43. The van der Waals surface area contributed by atoms with Crippen LogP contribution in [-0.2, 0) is 0 Å². The predicted octanol–water partition coefficient (Wildman–Crippen LogP) is 2.64. The molecule has 2 heteroatoms. The third-order valence-corrected chi connectivity index (χ3v) is 5.40. The predicted molar refractivity (Wildman–Crippen MR) is 72.1 cm³/mol. The van der Waals surface area contributed by atoms with Gasteiger partial charge in [-0.05, 0) is 63.6 Å². The average Bonchev–Trinajstić information content (AvgIpc) is 2.90. The van der Waals surface area contributed by atoms with Crippen LogP contribution in [0.3, 0.4) is 0 Å². The van der Waals surface area contributed by atoms with Gasteiger partial charge in [0.1, 0.15) is 0 Å². The molecule has 0 radical (unpaired) electrons. The minimum atomic E-state index is 0.954. The summed E-state index contributed by atoms with van der Waals surface area (Å²) in [6.45, 7) is 5.36. The molecule has 1 aliphatic carbocycles. The Labute approximate surface area is 106 Å². The summed E-state index contributed by atoms with van der Waals surface area (Å²) >= 11 is 0. The normalized spacial score (nSPS) is 34.2. The van der Waals surface area contributed by atoms with Crippen molar-refractivity contribution in [2.45, 2.75) is 57.4 Å². The van der Waals surface area contributed by atoms with Gasteiger partial charge in [-0.15, -0.1) is 0 Å². The highest BCUT2D eigenvalue weighted by atomic mass is 15.2. The Balaban J connectivity index is 1.50. The lowest BCUT2D eigenvalue weighted by molar-refractivity contribution is 0.171. The third-order valence-electron chi connectivity index (χ3n) is 5.40. The first-order valence-corrected chi connectivity index (χ1v) is 7.88. The van der Waals surface area contributed by atoms with Crippen LogP contribution in [0.5, 0.6) is 0 Å². The maximum atomic E-state index is 3.50. The maximum absolute atomic E-state index is 3.50. The molecule has 3 aliphatic rings. The number of piperidine rings is 1. The van der Waals surface area contributed by atoms with Crippen molar-refractivity contribution in [3.63, 3.8) is 0 Å². The van der Waals surface area contributed by atoms with Gasteiger partial charge in [-0.1, -0.05) is 19.3 Å². The zero-order valence-corrected chi connectivity index (χ0v) is 11.2. The Morgan fingerprint density at radius 3 is 2.29 bits per heavy atom. The van der Waals surface area contributed by atoms with E-state index >= 15 is 0 Å². The molecule has 2 nitrogen and oxygen atoms in total. The zero-order valence-electron chi connectivity index (χ0n) is 11.2. The second-order valence-electron chi connectivity index (χ2n) is 6.42. The molecular weight excluding hydrogens is 208 g/mol. The molecule has 0 aromatic rings. The van der Waals surface area contributed by atoms with Crippen molar-refractivity contribution in [2.75, 3.05) is 26.2 Å². The third kappa shape index (κ3) is 2.85. The van der Waals surface area contributed by atoms with Gasteiger partial charge in [0.05, 0.1) is 0 Å². The Morgan fingerprint density at radius 1 is 0.765 bits per heavy atom. The average molecular weight is 236 g/mol. The van der Waals surface area contributed by atoms with E-state index in [9.17, 15) is 0 Å². The fourth-order valence-corrected chi connectivity index (χ4v) is 4.29. The minimum absolute atomic E-state index is 0.954. The fourth-order valence-electron chi connectivity index (χ4n) is 4.29. The van der Waals surface area contributed by atoms with Crippen LogP contribution in [0.25, 0.3) is 0 Å². The highest BCUT2D eigenvalue weighted by Crippen LogP contribution is 2.33. The van der Waals surface area contributed by atoms with Crippen LogP contribution < -0.4 is 5.32 Å². The first kappa shape index (κ1) is 12.0. The van der Waals surface area contributed by atoms with Crippen LogP contribution in [-0.4, -0.2) is 37.1 Å². The van der Waals surface area contributed by atoms with Crippen molar-refractivity contribution in [1.82, 2.24) is 10.2 Å². The van der Waals surface area contributed by atoms with E-state index in [0.29, 0.717) is 0 Å². The van der Waals surface area contributed by atoms with Crippen molar-refractivity contribution >= 4 is 0 Å². The number of nitrogens with zero attached hydrogens (tertiary/aromatic N) is 1. The van der Waals surface area contributed by atoms with Crippen LogP contribution in [0.4, 0.5) is 0 Å². The standard InChI is InChI=1S/C15H28N2/c1-2-4-15(5-3-1)17-11-8-14(12-17)13-6-9-16-10-7-13/h13-16H,1-12H2. The molecule has 2 heterocycles. The van der Waals surface area contributed by atoms with Gasteiger partial charge < -0.3 is 10.2 Å². The van der Waals surface area contributed by atoms with Gasteiger partial charge in [0.15, 0.2) is 0 Å². The number of rotatable bonds is 2. The van der Waals surface area contributed by atoms with E-state index in [2.05, 4.69) is 10.2 Å². The van der Waals surface area contributed by atoms with Gasteiger partial charge in [0, 0.05) is 12.6 Å². The molecule has 17 heavy (non-hydrogen) atoms. The summed E-state index contributed by atoms with van der Waals surface area (Å²) < 4.78 is 0. The van der Waals surface area contributed by atoms with Gasteiger partial charge in [-0.3, -0.25) is 0 Å². The lowest BCUT2D eigenvalue weighted by Crippen LogP contribution is -2.37. The summed E-state index contributed by atoms with van der Waals surface area (Å²) in [6.07, 6.45) is 11.8. The van der Waals surface area contributed by atoms with Gasteiger partial charge in [0.25, 0.3) is 0 Å². The number of nitrogens with one attached hydrogen (secondary N) is 1. The molecule has 1 saturated carbocycles. The van der Waals surface area contributed by atoms with Crippen molar-refractivity contribution < 1.29 is 0 Å². The second-order valence-corrected chi connectivity index (χ2v) is 6.42. The summed E-state index contributed by atoms with van der Waals surface area (Å²) in [6, 6.07) is 0.954. The van der Waals surface area contributed by atoms with E-state index in [4.69, 9.17) is 0 Å². The number of hydrogen-bond acceptors (Lipinski definition) is 2. The Kier molecular flexibility index (Phi) is 4.02. The van der Waals surface area contributed by atoms with Crippen molar-refractivity contribution in [2.24, 2.45) is 11.8 Å². The van der Waals surface area contributed by atoms with E-state index in [-0.39, 0.29) is 0 Å². The van der Waals surface area contributed by atoms with Gasteiger partial charge >= 0.3 is 0 Å². The van der Waals surface area contributed by atoms with E-state index < -0.39 is 0 Å². The molecule has 0 amide bonds. The zero-order chi connectivity index (χ0) is 11.5. The maximum Gasteiger partial charge on any atom is 0.00953 e. The highest BCUT2D eigenvalue weighted by Gasteiger charge is 2.33. The number of hydrogen-bond donors (Lipinski definition) is 1. The smallest absolute Gasteiger partial charge is 0.00953 e. The molecule has 0 aromatic heterocycles. The van der Waals surface area contributed by atoms with Gasteiger partial charge in [0.2, 0.25) is 0 Å². The highest BCUT2D eigenvalue weighted by molar-refractivity contribution is 4.87. The van der Waals surface area contributed by atoms with Crippen molar-refractivity contribution in [1.29, 1.82) is 0 Å². The molecule has 1 unspecified atom stereocenters. The molecular formula is C15H28N2. The lowest BCUT2D eigenvalue weighted by atomic mass is 9.84. The first-order valence-electron chi connectivity index (χ1n) is 7.88. The van der Waals surface area contributed by atoms with Gasteiger partial charge in [-0.2, -0.15) is 0 Å². The van der Waals surface area contributed by atoms with E-state index in [1.807, 2.05) is 0 Å². The minimum Gasteiger partial charge on any atom is -0.317 e. The van der Waals surface area contributed by atoms with Crippen LogP contribution in [0.1, 0.15) is 51.4 Å². The van der Waals surface area contributed by atoms with Crippen molar-refractivity contribution in [3.8, 4) is 0 Å². The SMILES string of the molecule is C1CCC(N2CCC(C3CCNCC3)C2)CC1. The lowest BCUT2D eigenvalue weighted by Gasteiger charge is -2.32. The summed E-state index contributed by atoms with van der Waals surface area (Å²) in [5.74, 6) is 2.06. The van der Waals surface area contributed by atoms with Gasteiger partial charge in [-0.25, -0.2) is 0 Å². The molecule has 2 saturated heterocycles. The fraction of sp³-hybridized carbons (Fsp3) is 1.00. The molecule has 0 aromatic carbocycles. The van der Waals surface area contributed by atoms with E-state index in [1.54, 1.807) is 0 Å². The van der Waals surface area contributed by atoms with E-state index in [0.717, 1.165) is 17.9 Å². The summed E-state index contributed by atoms with van der Waals surface area (Å²) in [5, 5.41) is 3.50. The molecule has 3 fully saturated rings. The van der Waals surface area contributed by atoms with Crippen LogP contribution in [0.15, 0.2) is 0 Å². The largest absolute Gasteiger partial charge is 0.317 e. The summed E-state index contributed by atoms with van der Waals surface area (Å²) in [7, 11) is 0. The Hall–Kier alpha value is -0.0800. The number of likely N-dealkylation sites (tertiary alicyclic amines) is 1. The van der Waals surface area contributed by atoms with Crippen LogP contribution >= 0.6 is 0 Å². The van der Waals surface area contributed by atoms with Crippen LogP contribution in [0, 0.1) is 11.8 Å². The molecule has 98 valence electrons. The van der Waals surface area contributed by atoms with Crippen LogP contribution in [0.2, 0.25) is 0 Å². The molecule has 2 aliphatic heterocycles. The molecule has 3 rings (SSSR count).